The van der Waals surface area contributed by atoms with Crippen LogP contribution in [0.5, 0.6) is 5.75 Å². The number of benzene rings is 2. The largest absolute Gasteiger partial charge is 0.482 e. The number of anilines is 2. The fourth-order valence-electron chi connectivity index (χ4n) is 2.43. The maximum Gasteiger partial charge on any atom is 0.471 e. The van der Waals surface area contributed by atoms with Gasteiger partial charge in [0, 0.05) is 10.2 Å². The average Bonchev–Trinajstić information content (AvgIpc) is 2.58. The Morgan fingerprint density at radius 2 is 1.88 bits per heavy atom. The van der Waals surface area contributed by atoms with Crippen LogP contribution in [-0.2, 0) is 16.1 Å². The number of hydrogen-bond acceptors (Lipinski definition) is 3. The van der Waals surface area contributed by atoms with Gasteiger partial charge in [-0.05, 0) is 35.9 Å². The third-order valence-corrected chi connectivity index (χ3v) is 4.20. The molecule has 1 heterocycles. The van der Waals surface area contributed by atoms with Crippen molar-refractivity contribution < 1.29 is 27.5 Å². The number of fused-ring (bicyclic) bond motifs is 1. The first-order valence-corrected chi connectivity index (χ1v) is 8.23. The van der Waals surface area contributed by atoms with E-state index in [1.165, 1.54) is 23.1 Å². The number of rotatable bonds is 3. The van der Waals surface area contributed by atoms with E-state index in [4.69, 9.17) is 4.74 Å². The third-order valence-electron chi connectivity index (χ3n) is 3.67. The van der Waals surface area contributed by atoms with Crippen LogP contribution in [0, 0.1) is 0 Å². The Morgan fingerprint density at radius 1 is 1.19 bits per heavy atom. The molecule has 3 rings (SSSR count). The highest BCUT2D eigenvalue weighted by Crippen LogP contribution is 2.36. The second-order valence-electron chi connectivity index (χ2n) is 5.53. The molecule has 1 aliphatic rings. The van der Waals surface area contributed by atoms with Crippen LogP contribution in [0.15, 0.2) is 46.9 Å². The third kappa shape index (κ3) is 3.98. The summed E-state index contributed by atoms with van der Waals surface area (Å²) < 4.78 is 43.5. The molecule has 0 radical (unpaired) electrons. The summed E-state index contributed by atoms with van der Waals surface area (Å²) in [5, 5.41) is 1.78. The summed E-state index contributed by atoms with van der Waals surface area (Å²) in [6.45, 7) is 0.0525. The van der Waals surface area contributed by atoms with Crippen molar-refractivity contribution >= 4 is 39.1 Å². The number of carbonyl (C=O) groups is 2. The van der Waals surface area contributed by atoms with Crippen LogP contribution in [0.3, 0.4) is 0 Å². The molecule has 136 valence electrons. The van der Waals surface area contributed by atoms with E-state index in [1.54, 1.807) is 5.32 Å². The van der Waals surface area contributed by atoms with Gasteiger partial charge in [0.1, 0.15) is 5.75 Å². The molecule has 1 N–H and O–H groups in total. The Hall–Kier alpha value is -2.55. The second-order valence-corrected chi connectivity index (χ2v) is 6.45. The summed E-state index contributed by atoms with van der Waals surface area (Å²) in [5.74, 6) is -2.06. The summed E-state index contributed by atoms with van der Waals surface area (Å²) in [5.41, 5.74) is 1.05. The van der Waals surface area contributed by atoms with Gasteiger partial charge < -0.3 is 15.0 Å². The molecule has 2 aromatic rings. The average molecular weight is 429 g/mol. The molecule has 0 unspecified atom stereocenters. The summed E-state index contributed by atoms with van der Waals surface area (Å²) in [7, 11) is 0. The topological polar surface area (TPSA) is 58.6 Å². The standard InChI is InChI=1S/C17H12BrF3N2O3/c18-11-3-1-10(2-4-11)8-23-13-7-12(22-16(25)17(19,20)21)5-6-14(13)26-9-15(23)24/h1-7H,8-9H2,(H,22,25). The minimum atomic E-state index is -5.00. The molecule has 0 bridgehead atoms. The Morgan fingerprint density at radius 3 is 2.54 bits per heavy atom. The van der Waals surface area contributed by atoms with Crippen molar-refractivity contribution in [3.05, 3.63) is 52.5 Å². The van der Waals surface area contributed by atoms with Crippen molar-refractivity contribution in [1.29, 1.82) is 0 Å². The first kappa shape index (κ1) is 18.2. The number of hydrogen-bond donors (Lipinski definition) is 1. The quantitative estimate of drug-likeness (QED) is 0.806. The van der Waals surface area contributed by atoms with Gasteiger partial charge in [-0.25, -0.2) is 0 Å². The molecule has 0 spiro atoms. The summed E-state index contributed by atoms with van der Waals surface area (Å²) in [6.07, 6.45) is -5.00. The fourth-order valence-corrected chi connectivity index (χ4v) is 2.69. The van der Waals surface area contributed by atoms with Gasteiger partial charge in [0.15, 0.2) is 6.61 Å². The van der Waals surface area contributed by atoms with Gasteiger partial charge in [-0.2, -0.15) is 13.2 Å². The van der Waals surface area contributed by atoms with Crippen LogP contribution in [0.2, 0.25) is 0 Å². The number of nitrogens with one attached hydrogen (secondary N) is 1. The molecular weight excluding hydrogens is 417 g/mol. The maximum absolute atomic E-state index is 12.4. The van der Waals surface area contributed by atoms with Crippen molar-refractivity contribution in [1.82, 2.24) is 0 Å². The highest BCUT2D eigenvalue weighted by atomic mass is 79.9. The summed E-state index contributed by atoms with van der Waals surface area (Å²) in [6, 6.07) is 11.3. The van der Waals surface area contributed by atoms with E-state index < -0.39 is 12.1 Å². The minimum Gasteiger partial charge on any atom is -0.482 e. The van der Waals surface area contributed by atoms with Crippen molar-refractivity contribution in [2.45, 2.75) is 12.7 Å². The van der Waals surface area contributed by atoms with Gasteiger partial charge in [-0.1, -0.05) is 28.1 Å². The van der Waals surface area contributed by atoms with Crippen LogP contribution in [0.25, 0.3) is 0 Å². The Labute approximate surface area is 154 Å². The van der Waals surface area contributed by atoms with E-state index >= 15 is 0 Å². The normalized spacial score (nSPS) is 13.8. The highest BCUT2D eigenvalue weighted by molar-refractivity contribution is 9.10. The van der Waals surface area contributed by atoms with Crippen LogP contribution < -0.4 is 15.0 Å². The van der Waals surface area contributed by atoms with Crippen molar-refractivity contribution in [2.75, 3.05) is 16.8 Å². The lowest BCUT2D eigenvalue weighted by Gasteiger charge is -2.30. The molecule has 5 nitrogen and oxygen atoms in total. The second kappa shape index (κ2) is 6.99. The molecule has 9 heteroatoms. The smallest absolute Gasteiger partial charge is 0.471 e. The zero-order valence-corrected chi connectivity index (χ0v) is 14.7. The molecule has 1 aliphatic heterocycles. The predicted octanol–water partition coefficient (Wildman–Crippen LogP) is 3.88. The molecule has 2 amide bonds. The van der Waals surface area contributed by atoms with E-state index in [-0.39, 0.29) is 24.7 Å². The molecule has 0 fully saturated rings. The first-order chi connectivity index (χ1) is 12.2. The lowest BCUT2D eigenvalue weighted by Crippen LogP contribution is -2.38. The van der Waals surface area contributed by atoms with E-state index in [0.29, 0.717) is 11.4 Å². The van der Waals surface area contributed by atoms with Crippen LogP contribution >= 0.6 is 15.9 Å². The van der Waals surface area contributed by atoms with Gasteiger partial charge in [-0.3, -0.25) is 9.59 Å². The van der Waals surface area contributed by atoms with Gasteiger partial charge in [0.05, 0.1) is 12.2 Å². The number of nitrogens with zero attached hydrogens (tertiary/aromatic N) is 1. The van der Waals surface area contributed by atoms with Gasteiger partial charge in [0.2, 0.25) is 0 Å². The zero-order valence-electron chi connectivity index (χ0n) is 13.1. The zero-order chi connectivity index (χ0) is 18.9. The molecule has 2 aromatic carbocycles. The number of carbonyl (C=O) groups excluding carboxylic acids is 2. The Bertz CT molecular complexity index is 853. The van der Waals surface area contributed by atoms with E-state index in [2.05, 4.69) is 15.9 Å². The highest BCUT2D eigenvalue weighted by Gasteiger charge is 2.39. The lowest BCUT2D eigenvalue weighted by molar-refractivity contribution is -0.167. The summed E-state index contributed by atoms with van der Waals surface area (Å²) in [4.78, 5) is 24.8. The van der Waals surface area contributed by atoms with E-state index in [1.807, 2.05) is 24.3 Å². The number of ether oxygens (including phenoxy) is 1. The van der Waals surface area contributed by atoms with Crippen molar-refractivity contribution in [3.63, 3.8) is 0 Å². The van der Waals surface area contributed by atoms with Crippen LogP contribution in [-0.4, -0.2) is 24.6 Å². The summed E-state index contributed by atoms with van der Waals surface area (Å²) >= 11 is 3.32. The van der Waals surface area contributed by atoms with Crippen molar-refractivity contribution in [3.8, 4) is 5.75 Å². The molecule has 0 aliphatic carbocycles. The molecule has 26 heavy (non-hydrogen) atoms. The van der Waals surface area contributed by atoms with Crippen LogP contribution in [0.4, 0.5) is 24.5 Å². The van der Waals surface area contributed by atoms with Crippen LogP contribution in [0.1, 0.15) is 5.56 Å². The predicted molar refractivity (Wildman–Crippen MR) is 92.0 cm³/mol. The number of halogens is 4. The molecular formula is C17H12BrF3N2O3. The SMILES string of the molecule is O=C1COc2ccc(NC(=O)C(F)(F)F)cc2N1Cc1ccc(Br)cc1. The van der Waals surface area contributed by atoms with E-state index in [9.17, 15) is 22.8 Å². The Kier molecular flexibility index (Phi) is 4.90. The van der Waals surface area contributed by atoms with Gasteiger partial charge in [0.25, 0.3) is 5.91 Å². The van der Waals surface area contributed by atoms with Gasteiger partial charge >= 0.3 is 12.1 Å². The molecule has 0 aromatic heterocycles. The monoisotopic (exact) mass is 428 g/mol. The number of alkyl halides is 3. The fraction of sp³-hybridized carbons (Fsp3) is 0.176. The number of amides is 2. The van der Waals surface area contributed by atoms with Crippen molar-refractivity contribution in [2.24, 2.45) is 0 Å². The Balaban J connectivity index is 1.89. The van der Waals surface area contributed by atoms with E-state index in [0.717, 1.165) is 10.0 Å². The van der Waals surface area contributed by atoms with Gasteiger partial charge in [-0.15, -0.1) is 0 Å². The molecule has 0 saturated heterocycles. The molecule has 0 saturated carbocycles. The molecule has 0 atom stereocenters. The first-order valence-electron chi connectivity index (χ1n) is 7.44. The minimum absolute atomic E-state index is 0.0785. The maximum atomic E-state index is 12.4. The lowest BCUT2D eigenvalue weighted by atomic mass is 10.1.